The predicted molar refractivity (Wildman–Crippen MR) is 119 cm³/mol. The van der Waals surface area contributed by atoms with Gasteiger partial charge in [-0.05, 0) is 36.4 Å². The zero-order valence-electron chi connectivity index (χ0n) is 18.3. The Kier molecular flexibility index (Phi) is 7.57. The number of benzene rings is 2. The summed E-state index contributed by atoms with van der Waals surface area (Å²) in [5, 5.41) is 25.2. The molecule has 2 aliphatic heterocycles. The molecule has 0 aliphatic carbocycles. The number of amides is 2. The van der Waals surface area contributed by atoms with Gasteiger partial charge in [-0.25, -0.2) is 18.0 Å². The normalized spacial score (nSPS) is 25.4. The molecular weight excluding hydrogens is 453 g/mol. The summed E-state index contributed by atoms with van der Waals surface area (Å²) >= 11 is 0. The fraction of sp³-hybridized carbons (Fsp3) is 0.435. The molecule has 0 radical (unpaired) electrons. The summed E-state index contributed by atoms with van der Waals surface area (Å²) in [5.41, 5.74) is 0.730. The molecule has 11 heteroatoms. The first-order valence-corrected chi connectivity index (χ1v) is 11.0. The van der Waals surface area contributed by atoms with Crippen LogP contribution in [0.1, 0.15) is 0 Å². The molecule has 0 spiro atoms. The van der Waals surface area contributed by atoms with Gasteiger partial charge in [-0.15, -0.1) is 0 Å². The number of piperazine rings is 1. The number of hydrogen-bond donors (Lipinski definition) is 4. The molecule has 2 fully saturated rings. The number of carbonyl (C=O) groups is 1. The summed E-state index contributed by atoms with van der Waals surface area (Å²) in [5.74, 6) is -1.96. The minimum Gasteiger partial charge on any atom is -0.394 e. The Balaban J connectivity index is 1.35. The average Bonchev–Trinajstić information content (AvgIpc) is 3.15. The zero-order valence-corrected chi connectivity index (χ0v) is 18.3. The molecule has 0 saturated carbocycles. The van der Waals surface area contributed by atoms with Gasteiger partial charge in [0, 0.05) is 44.5 Å². The highest BCUT2D eigenvalue weighted by molar-refractivity contribution is 5.89. The Morgan fingerprint density at radius 2 is 1.68 bits per heavy atom. The summed E-state index contributed by atoms with van der Waals surface area (Å²) < 4.78 is 45.8. The lowest BCUT2D eigenvalue weighted by atomic mass is 10.0. The second-order valence-electron chi connectivity index (χ2n) is 8.34. The number of rotatable bonds is 6. The van der Waals surface area contributed by atoms with Crippen LogP contribution in [0, 0.1) is 17.5 Å². The molecule has 2 saturated heterocycles. The van der Waals surface area contributed by atoms with Crippen LogP contribution in [0.15, 0.2) is 42.5 Å². The van der Waals surface area contributed by atoms with Crippen LogP contribution in [0.2, 0.25) is 0 Å². The van der Waals surface area contributed by atoms with E-state index in [1.54, 1.807) is 12.1 Å². The van der Waals surface area contributed by atoms with Crippen LogP contribution in [0.3, 0.4) is 0 Å². The van der Waals surface area contributed by atoms with Crippen molar-refractivity contribution in [1.29, 1.82) is 0 Å². The van der Waals surface area contributed by atoms with Crippen molar-refractivity contribution in [2.75, 3.05) is 49.5 Å². The molecule has 2 aliphatic rings. The molecule has 0 unspecified atom stereocenters. The van der Waals surface area contributed by atoms with Gasteiger partial charge in [-0.2, -0.15) is 0 Å². The van der Waals surface area contributed by atoms with Crippen molar-refractivity contribution in [2.24, 2.45) is 0 Å². The quantitative estimate of drug-likeness (QED) is 0.501. The molecule has 4 rings (SSSR count). The molecule has 34 heavy (non-hydrogen) atoms. The Morgan fingerprint density at radius 1 is 1.00 bits per heavy atom. The molecule has 2 aromatic rings. The number of aliphatic hydroxyl groups excluding tert-OH is 2. The van der Waals surface area contributed by atoms with E-state index in [4.69, 9.17) is 4.74 Å². The topological polar surface area (TPSA) is 97.3 Å². The molecule has 2 heterocycles. The van der Waals surface area contributed by atoms with E-state index in [0.717, 1.165) is 17.8 Å². The van der Waals surface area contributed by atoms with E-state index in [9.17, 15) is 28.2 Å². The molecule has 2 aromatic carbocycles. The van der Waals surface area contributed by atoms with Crippen molar-refractivity contribution in [1.82, 2.24) is 10.2 Å². The first-order valence-electron chi connectivity index (χ1n) is 11.0. The number of urea groups is 1. The van der Waals surface area contributed by atoms with Crippen LogP contribution in [0.5, 0.6) is 0 Å². The van der Waals surface area contributed by atoms with Crippen LogP contribution in [-0.4, -0.2) is 84.8 Å². The van der Waals surface area contributed by atoms with Gasteiger partial charge in [-0.1, -0.05) is 0 Å². The SMILES string of the molecule is O=C(NC[C@H]1O[C@@H](CO)[C@@H](O)[C@@H]1N1CCN(c2ccc(F)cc2)CC1)Nc1ccc(F)cc1F. The van der Waals surface area contributed by atoms with E-state index >= 15 is 0 Å². The zero-order chi connectivity index (χ0) is 24.2. The minimum atomic E-state index is -0.966. The highest BCUT2D eigenvalue weighted by atomic mass is 19.1. The average molecular weight is 480 g/mol. The number of nitrogens with one attached hydrogen (secondary N) is 2. The number of carbonyl (C=O) groups excluding carboxylic acids is 1. The van der Waals surface area contributed by atoms with Crippen LogP contribution in [0.4, 0.5) is 29.3 Å². The van der Waals surface area contributed by atoms with Crippen LogP contribution in [-0.2, 0) is 4.74 Å². The predicted octanol–water partition coefficient (Wildman–Crippen LogP) is 1.54. The summed E-state index contributed by atoms with van der Waals surface area (Å²) in [6, 6.07) is 7.88. The van der Waals surface area contributed by atoms with E-state index in [1.807, 2.05) is 4.90 Å². The fourth-order valence-electron chi connectivity index (χ4n) is 4.48. The third-order valence-electron chi connectivity index (χ3n) is 6.21. The van der Waals surface area contributed by atoms with E-state index < -0.39 is 42.0 Å². The van der Waals surface area contributed by atoms with Gasteiger partial charge in [0.2, 0.25) is 0 Å². The summed E-state index contributed by atoms with van der Waals surface area (Å²) in [6.45, 7) is 2.09. The fourth-order valence-corrected chi connectivity index (χ4v) is 4.48. The molecule has 0 aromatic heterocycles. The first kappa shape index (κ1) is 24.3. The van der Waals surface area contributed by atoms with Crippen LogP contribution >= 0.6 is 0 Å². The third-order valence-corrected chi connectivity index (χ3v) is 6.21. The molecular formula is C23H27F3N4O4. The van der Waals surface area contributed by atoms with Crippen molar-refractivity contribution >= 4 is 17.4 Å². The highest BCUT2D eigenvalue weighted by Crippen LogP contribution is 2.28. The van der Waals surface area contributed by atoms with Gasteiger partial charge in [0.1, 0.15) is 29.7 Å². The number of aliphatic hydroxyl groups is 2. The summed E-state index contributed by atoms with van der Waals surface area (Å²) in [4.78, 5) is 16.4. The standard InChI is InChI=1S/C23H27F3N4O4/c24-14-1-4-16(5-2-14)29-7-9-30(10-8-29)21-19(34-20(13-31)22(21)32)12-27-23(33)28-18-6-3-15(25)11-17(18)26/h1-6,11,19-22,31-32H,7-10,12-13H2,(H2,27,28,33)/t19-,20+,21-,22-/m1/s1. The second-order valence-corrected chi connectivity index (χ2v) is 8.34. The lowest BCUT2D eigenvalue weighted by molar-refractivity contribution is -0.0205. The Hall–Kier alpha value is -2.86. The van der Waals surface area contributed by atoms with Gasteiger partial charge >= 0.3 is 6.03 Å². The lowest BCUT2D eigenvalue weighted by Crippen LogP contribution is -2.57. The largest absolute Gasteiger partial charge is 0.394 e. The lowest BCUT2D eigenvalue weighted by Gasteiger charge is -2.41. The number of hydrogen-bond acceptors (Lipinski definition) is 6. The number of ether oxygens (including phenoxy) is 1. The smallest absolute Gasteiger partial charge is 0.319 e. The monoisotopic (exact) mass is 480 g/mol. The second kappa shape index (κ2) is 10.6. The van der Waals surface area contributed by atoms with Crippen LogP contribution in [0.25, 0.3) is 0 Å². The maximum atomic E-state index is 13.8. The summed E-state index contributed by atoms with van der Waals surface area (Å²) in [7, 11) is 0. The highest BCUT2D eigenvalue weighted by Gasteiger charge is 2.46. The van der Waals surface area contributed by atoms with Crippen molar-refractivity contribution in [3.05, 3.63) is 59.9 Å². The van der Waals surface area contributed by atoms with Gasteiger partial charge < -0.3 is 30.5 Å². The molecule has 0 bridgehead atoms. The van der Waals surface area contributed by atoms with E-state index in [-0.39, 0.29) is 24.7 Å². The number of nitrogens with zero attached hydrogens (tertiary/aromatic N) is 2. The van der Waals surface area contributed by atoms with E-state index in [0.29, 0.717) is 32.2 Å². The minimum absolute atomic E-state index is 0.00501. The first-order chi connectivity index (χ1) is 16.4. The van der Waals surface area contributed by atoms with Crippen molar-refractivity contribution in [3.8, 4) is 0 Å². The van der Waals surface area contributed by atoms with E-state index in [2.05, 4.69) is 15.5 Å². The molecule has 4 atom stereocenters. The Labute approximate surface area is 194 Å². The third kappa shape index (κ3) is 5.44. The Morgan fingerprint density at radius 3 is 2.32 bits per heavy atom. The van der Waals surface area contributed by atoms with Gasteiger partial charge in [0.25, 0.3) is 0 Å². The van der Waals surface area contributed by atoms with Gasteiger partial charge in [0.15, 0.2) is 0 Å². The maximum absolute atomic E-state index is 13.8. The maximum Gasteiger partial charge on any atom is 0.319 e. The molecule has 184 valence electrons. The number of anilines is 2. The van der Waals surface area contributed by atoms with E-state index in [1.165, 1.54) is 12.1 Å². The Bertz CT molecular complexity index is 989. The van der Waals surface area contributed by atoms with Crippen molar-refractivity contribution < 1.29 is 32.9 Å². The van der Waals surface area contributed by atoms with Gasteiger partial charge in [0.05, 0.1) is 24.4 Å². The number of halogens is 3. The van der Waals surface area contributed by atoms with Crippen molar-refractivity contribution in [2.45, 2.75) is 24.4 Å². The van der Waals surface area contributed by atoms with Crippen molar-refractivity contribution in [3.63, 3.8) is 0 Å². The summed E-state index contributed by atoms with van der Waals surface area (Å²) in [6.07, 6.45) is -2.38. The molecule has 2 amide bonds. The van der Waals surface area contributed by atoms with Gasteiger partial charge in [-0.3, -0.25) is 4.90 Å². The van der Waals surface area contributed by atoms with Crippen LogP contribution < -0.4 is 15.5 Å². The molecule has 4 N–H and O–H groups in total. The molecule has 8 nitrogen and oxygen atoms in total.